The van der Waals surface area contributed by atoms with Gasteiger partial charge in [-0.3, -0.25) is 4.79 Å². The summed E-state index contributed by atoms with van der Waals surface area (Å²) in [4.78, 5) is 12.0. The highest BCUT2D eigenvalue weighted by Crippen LogP contribution is 2.38. The highest BCUT2D eigenvalue weighted by molar-refractivity contribution is 7.90. The smallest absolute Gasteiger partial charge is 0.309 e. The van der Waals surface area contributed by atoms with E-state index < -0.39 is 32.2 Å². The van der Waals surface area contributed by atoms with Gasteiger partial charge in [-0.1, -0.05) is 61.5 Å². The molecule has 0 spiro atoms. The molecule has 158 valence electrons. The zero-order valence-electron chi connectivity index (χ0n) is 17.8. The summed E-state index contributed by atoms with van der Waals surface area (Å²) in [5, 5.41) is 9.80. The summed E-state index contributed by atoms with van der Waals surface area (Å²) >= 11 is 0. The largest absolute Gasteiger partial charge is 0.481 e. The lowest BCUT2D eigenvalue weighted by Gasteiger charge is -2.32. The van der Waals surface area contributed by atoms with Gasteiger partial charge in [-0.05, 0) is 57.2 Å². The van der Waals surface area contributed by atoms with Crippen LogP contribution in [0.2, 0.25) is 0 Å². The molecule has 0 aliphatic carbocycles. The van der Waals surface area contributed by atoms with Crippen LogP contribution in [0.1, 0.15) is 59.1 Å². The highest BCUT2D eigenvalue weighted by atomic mass is 32.2. The number of carboxylic acid groups (broad SMARTS) is 1. The number of aliphatic carboxylic acids is 1. The number of hydrogen-bond donors (Lipinski definition) is 2. The molecule has 2 atom stereocenters. The number of sulfonamides is 1. The van der Waals surface area contributed by atoms with Crippen LogP contribution in [0.15, 0.2) is 54.6 Å². The fraction of sp³-hybridized carbons (Fsp3) is 0.435. The van der Waals surface area contributed by atoms with Crippen LogP contribution in [0, 0.1) is 5.41 Å². The standard InChI is InChI=1S/C23H31NO4S/c1-6-23(5,21(25)26)16-20(24-29(27,28)22(2,3)4)19-15-11-10-14-18(19)17-12-8-7-9-13-17/h7-15,20,24H,6,16H2,1-5H3,(H,25,26). The van der Waals surface area contributed by atoms with Crippen molar-refractivity contribution in [2.75, 3.05) is 0 Å². The van der Waals surface area contributed by atoms with Gasteiger partial charge in [0.1, 0.15) is 0 Å². The molecule has 2 unspecified atom stereocenters. The average molecular weight is 418 g/mol. The van der Waals surface area contributed by atoms with E-state index in [2.05, 4.69) is 4.72 Å². The van der Waals surface area contributed by atoms with Gasteiger partial charge in [-0.2, -0.15) is 0 Å². The van der Waals surface area contributed by atoms with E-state index in [4.69, 9.17) is 0 Å². The van der Waals surface area contributed by atoms with E-state index in [-0.39, 0.29) is 6.42 Å². The minimum absolute atomic E-state index is 0.151. The maximum atomic E-state index is 13.0. The number of hydrogen-bond acceptors (Lipinski definition) is 3. The number of nitrogens with one attached hydrogen (secondary N) is 1. The van der Waals surface area contributed by atoms with Crippen LogP contribution in [0.4, 0.5) is 0 Å². The molecule has 29 heavy (non-hydrogen) atoms. The molecular weight excluding hydrogens is 386 g/mol. The Balaban J connectivity index is 2.62. The summed E-state index contributed by atoms with van der Waals surface area (Å²) in [6.07, 6.45) is 0.543. The second-order valence-corrected chi connectivity index (χ2v) is 11.1. The molecule has 2 aromatic rings. The van der Waals surface area contributed by atoms with Gasteiger partial charge in [0.2, 0.25) is 10.0 Å². The molecule has 2 rings (SSSR count). The van der Waals surface area contributed by atoms with Gasteiger partial charge in [0, 0.05) is 6.04 Å². The third-order valence-corrected chi connectivity index (χ3v) is 7.68. The van der Waals surface area contributed by atoms with Crippen molar-refractivity contribution in [3.05, 3.63) is 60.2 Å². The van der Waals surface area contributed by atoms with Crippen LogP contribution in [0.5, 0.6) is 0 Å². The zero-order chi connectivity index (χ0) is 21.9. The SMILES string of the molecule is CCC(C)(CC(NS(=O)(=O)C(C)(C)C)c1ccccc1-c1ccccc1)C(=O)O. The molecule has 0 aliphatic heterocycles. The predicted molar refractivity (Wildman–Crippen MR) is 117 cm³/mol. The summed E-state index contributed by atoms with van der Waals surface area (Å²) in [7, 11) is -3.69. The quantitative estimate of drug-likeness (QED) is 0.633. The molecular formula is C23H31NO4S. The first-order valence-corrected chi connectivity index (χ1v) is 11.3. The first-order chi connectivity index (χ1) is 13.4. The Labute approximate surface area is 174 Å². The van der Waals surface area contributed by atoms with E-state index >= 15 is 0 Å². The molecule has 0 bridgehead atoms. The first-order valence-electron chi connectivity index (χ1n) is 9.81. The molecule has 0 saturated carbocycles. The van der Waals surface area contributed by atoms with Crippen molar-refractivity contribution in [3.8, 4) is 11.1 Å². The fourth-order valence-electron chi connectivity index (χ4n) is 3.09. The third kappa shape index (κ3) is 5.25. The van der Waals surface area contributed by atoms with Crippen LogP contribution in [-0.4, -0.2) is 24.2 Å². The molecule has 0 amide bonds. The Bertz CT molecular complexity index is 948. The molecule has 2 aromatic carbocycles. The van der Waals surface area contributed by atoms with Crippen LogP contribution in [-0.2, 0) is 14.8 Å². The monoisotopic (exact) mass is 417 g/mol. The zero-order valence-corrected chi connectivity index (χ0v) is 18.6. The van der Waals surface area contributed by atoms with Crippen LogP contribution >= 0.6 is 0 Å². The van der Waals surface area contributed by atoms with Crippen molar-refractivity contribution in [2.45, 2.75) is 58.2 Å². The Morgan fingerprint density at radius 3 is 2.07 bits per heavy atom. The molecule has 0 saturated heterocycles. The van der Waals surface area contributed by atoms with E-state index in [9.17, 15) is 18.3 Å². The van der Waals surface area contributed by atoms with Crippen molar-refractivity contribution < 1.29 is 18.3 Å². The van der Waals surface area contributed by atoms with Crippen LogP contribution in [0.3, 0.4) is 0 Å². The highest BCUT2D eigenvalue weighted by Gasteiger charge is 2.39. The first kappa shape index (κ1) is 23.1. The normalized spacial score (nSPS) is 15.5. The lowest BCUT2D eigenvalue weighted by atomic mass is 9.78. The molecule has 0 fully saturated rings. The fourth-order valence-corrected chi connectivity index (χ4v) is 4.03. The van der Waals surface area contributed by atoms with Crippen molar-refractivity contribution >= 4 is 16.0 Å². The van der Waals surface area contributed by atoms with Crippen molar-refractivity contribution in [2.24, 2.45) is 5.41 Å². The predicted octanol–water partition coefficient (Wildman–Crippen LogP) is 5.00. The Kier molecular flexibility index (Phi) is 6.91. The van der Waals surface area contributed by atoms with Crippen LogP contribution in [0.25, 0.3) is 11.1 Å². The van der Waals surface area contributed by atoms with Gasteiger partial charge in [0.05, 0.1) is 10.2 Å². The Morgan fingerprint density at radius 2 is 1.55 bits per heavy atom. The van der Waals surface area contributed by atoms with E-state index in [1.807, 2.05) is 61.5 Å². The van der Waals surface area contributed by atoms with Gasteiger partial charge in [-0.25, -0.2) is 13.1 Å². The summed E-state index contributed by atoms with van der Waals surface area (Å²) in [5.41, 5.74) is 1.55. The van der Waals surface area contributed by atoms with Crippen LogP contribution < -0.4 is 4.72 Å². The van der Waals surface area contributed by atoms with Gasteiger partial charge in [-0.15, -0.1) is 0 Å². The minimum Gasteiger partial charge on any atom is -0.481 e. The number of carbonyl (C=O) groups is 1. The topological polar surface area (TPSA) is 83.5 Å². The lowest BCUT2D eigenvalue weighted by molar-refractivity contribution is -0.148. The van der Waals surface area contributed by atoms with E-state index in [0.717, 1.165) is 16.7 Å². The molecule has 5 nitrogen and oxygen atoms in total. The van der Waals surface area contributed by atoms with Crippen molar-refractivity contribution in [3.63, 3.8) is 0 Å². The van der Waals surface area contributed by atoms with Gasteiger partial charge >= 0.3 is 5.97 Å². The summed E-state index contributed by atoms with van der Waals surface area (Å²) in [5.74, 6) is -0.933. The molecule has 6 heteroatoms. The molecule has 0 radical (unpaired) electrons. The van der Waals surface area contributed by atoms with E-state index in [1.165, 1.54) is 0 Å². The molecule has 2 N–H and O–H groups in total. The average Bonchev–Trinajstić information content (AvgIpc) is 2.67. The Morgan fingerprint density at radius 1 is 1.00 bits per heavy atom. The van der Waals surface area contributed by atoms with Gasteiger partial charge in [0.15, 0.2) is 0 Å². The summed E-state index contributed by atoms with van der Waals surface area (Å²) < 4.78 is 27.7. The van der Waals surface area contributed by atoms with Crippen molar-refractivity contribution in [1.82, 2.24) is 4.72 Å². The van der Waals surface area contributed by atoms with Gasteiger partial charge < -0.3 is 5.11 Å². The maximum absolute atomic E-state index is 13.0. The molecule has 0 aliphatic rings. The van der Waals surface area contributed by atoms with Gasteiger partial charge in [0.25, 0.3) is 0 Å². The second-order valence-electron chi connectivity index (χ2n) is 8.66. The number of rotatable bonds is 8. The molecule has 0 heterocycles. The summed E-state index contributed by atoms with van der Waals surface area (Å²) in [6.45, 7) is 8.37. The number of carboxylic acids is 1. The second kappa shape index (κ2) is 8.67. The third-order valence-electron chi connectivity index (χ3n) is 5.48. The lowest BCUT2D eigenvalue weighted by Crippen LogP contribution is -2.43. The van der Waals surface area contributed by atoms with Crippen molar-refractivity contribution in [1.29, 1.82) is 0 Å². The maximum Gasteiger partial charge on any atom is 0.309 e. The van der Waals surface area contributed by atoms with E-state index in [1.54, 1.807) is 27.7 Å². The number of benzene rings is 2. The summed E-state index contributed by atoms with van der Waals surface area (Å²) in [6, 6.07) is 16.6. The van der Waals surface area contributed by atoms with E-state index in [0.29, 0.717) is 6.42 Å². The molecule has 0 aromatic heterocycles. The Hall–Kier alpha value is -2.18. The minimum atomic E-state index is -3.69.